The van der Waals surface area contributed by atoms with Gasteiger partial charge in [0.1, 0.15) is 0 Å². The molecular formula is C12H16N6O. The number of aromatic nitrogens is 3. The van der Waals surface area contributed by atoms with Crippen LogP contribution in [0.15, 0.2) is 39.4 Å². The molecule has 0 aliphatic heterocycles. The quantitative estimate of drug-likeness (QED) is 0.853. The number of nitrogens with zero attached hydrogens (tertiary/aromatic N) is 5. The number of azo groups is 1. The van der Waals surface area contributed by atoms with Crippen LogP contribution in [0.4, 0.5) is 17.3 Å². The highest BCUT2D eigenvalue weighted by molar-refractivity contribution is 5.56. The molecule has 2 N–H and O–H groups in total. The van der Waals surface area contributed by atoms with Gasteiger partial charge in [-0.3, -0.25) is 9.48 Å². The normalized spacial score (nSPS) is 11.3. The van der Waals surface area contributed by atoms with Crippen LogP contribution in [-0.2, 0) is 13.1 Å². The zero-order valence-corrected chi connectivity index (χ0v) is 10.9. The number of nitrogens with two attached hydrogens (primary N) is 1. The summed E-state index contributed by atoms with van der Waals surface area (Å²) in [4.78, 5) is 16.1. The van der Waals surface area contributed by atoms with E-state index in [-0.39, 0.29) is 11.2 Å². The number of rotatable bonds is 4. The van der Waals surface area contributed by atoms with Crippen LogP contribution in [0.3, 0.4) is 0 Å². The van der Waals surface area contributed by atoms with Gasteiger partial charge in [-0.05, 0) is 26.0 Å². The summed E-state index contributed by atoms with van der Waals surface area (Å²) in [6, 6.07) is 5.28. The van der Waals surface area contributed by atoms with Crippen molar-refractivity contribution in [2.45, 2.75) is 26.9 Å². The van der Waals surface area contributed by atoms with Crippen molar-refractivity contribution in [1.29, 1.82) is 0 Å². The Hall–Kier alpha value is -2.44. The summed E-state index contributed by atoms with van der Waals surface area (Å²) in [6.45, 7) is 4.94. The Balaban J connectivity index is 2.44. The first-order valence-corrected chi connectivity index (χ1v) is 6.10. The molecule has 7 heteroatoms. The molecule has 0 saturated carbocycles. The second-order valence-electron chi connectivity index (χ2n) is 3.86. The number of pyridine rings is 1. The van der Waals surface area contributed by atoms with Crippen molar-refractivity contribution in [2.24, 2.45) is 10.2 Å². The van der Waals surface area contributed by atoms with E-state index < -0.39 is 0 Å². The third-order valence-corrected chi connectivity index (χ3v) is 2.75. The third kappa shape index (κ3) is 2.40. The van der Waals surface area contributed by atoms with Gasteiger partial charge >= 0.3 is 0 Å². The van der Waals surface area contributed by atoms with Gasteiger partial charge in [-0.2, -0.15) is 0 Å². The lowest BCUT2D eigenvalue weighted by atomic mass is 10.5. The lowest BCUT2D eigenvalue weighted by Crippen LogP contribution is -2.21. The molecule has 100 valence electrons. The molecule has 0 radical (unpaired) electrons. The van der Waals surface area contributed by atoms with E-state index in [4.69, 9.17) is 5.73 Å². The maximum Gasteiger partial charge on any atom is 0.296 e. The lowest BCUT2D eigenvalue weighted by Gasteiger charge is -2.07. The Bertz CT molecular complexity index is 640. The molecule has 2 aromatic rings. The molecular weight excluding hydrogens is 244 g/mol. The first kappa shape index (κ1) is 13.0. The Morgan fingerprint density at radius 2 is 1.95 bits per heavy atom. The van der Waals surface area contributed by atoms with Gasteiger partial charge in [0.05, 0.1) is 0 Å². The van der Waals surface area contributed by atoms with E-state index in [1.165, 1.54) is 0 Å². The molecule has 2 heterocycles. The maximum atomic E-state index is 12.1. The van der Waals surface area contributed by atoms with Crippen LogP contribution in [0.25, 0.3) is 0 Å². The minimum atomic E-state index is -0.235. The van der Waals surface area contributed by atoms with E-state index in [0.717, 1.165) is 0 Å². The topological polar surface area (TPSA) is 90.6 Å². The summed E-state index contributed by atoms with van der Waals surface area (Å²) in [5, 5.41) is 7.86. The SMILES string of the molecule is CCn1c(N)c(N=Nc2ccccn2)c(=O)n1CC. The molecule has 0 aliphatic rings. The van der Waals surface area contributed by atoms with Crippen molar-refractivity contribution in [2.75, 3.05) is 5.73 Å². The number of nitrogen functional groups attached to an aromatic ring is 1. The highest BCUT2D eigenvalue weighted by atomic mass is 16.1. The average Bonchev–Trinajstić information content (AvgIpc) is 2.68. The molecule has 0 amide bonds. The first-order valence-electron chi connectivity index (χ1n) is 6.10. The molecule has 0 fully saturated rings. The van der Waals surface area contributed by atoms with Crippen LogP contribution in [0, 0.1) is 0 Å². The van der Waals surface area contributed by atoms with Crippen molar-refractivity contribution < 1.29 is 0 Å². The zero-order chi connectivity index (χ0) is 13.8. The highest BCUT2D eigenvalue weighted by Gasteiger charge is 2.15. The molecule has 0 unspecified atom stereocenters. The molecule has 7 nitrogen and oxygen atoms in total. The van der Waals surface area contributed by atoms with Crippen molar-refractivity contribution in [1.82, 2.24) is 14.3 Å². The van der Waals surface area contributed by atoms with Gasteiger partial charge in [0.15, 0.2) is 17.3 Å². The molecule has 0 aliphatic carbocycles. The third-order valence-electron chi connectivity index (χ3n) is 2.75. The van der Waals surface area contributed by atoms with Crippen molar-refractivity contribution in [3.05, 3.63) is 34.7 Å². The number of hydrogen-bond donors (Lipinski definition) is 1. The van der Waals surface area contributed by atoms with E-state index in [1.54, 1.807) is 33.8 Å². The van der Waals surface area contributed by atoms with Gasteiger partial charge in [0, 0.05) is 19.3 Å². The summed E-state index contributed by atoms with van der Waals surface area (Å²) in [5.41, 5.74) is 5.85. The van der Waals surface area contributed by atoms with Crippen LogP contribution in [0.1, 0.15) is 13.8 Å². The summed E-state index contributed by atoms with van der Waals surface area (Å²) < 4.78 is 3.23. The van der Waals surface area contributed by atoms with Crippen molar-refractivity contribution >= 4 is 17.3 Å². The summed E-state index contributed by atoms with van der Waals surface area (Å²) in [7, 11) is 0. The van der Waals surface area contributed by atoms with Gasteiger partial charge in [0.2, 0.25) is 0 Å². The predicted octanol–water partition coefficient (Wildman–Crippen LogP) is 2.08. The minimum absolute atomic E-state index is 0.161. The van der Waals surface area contributed by atoms with Crippen LogP contribution in [-0.4, -0.2) is 14.3 Å². The van der Waals surface area contributed by atoms with Crippen LogP contribution >= 0.6 is 0 Å². The van der Waals surface area contributed by atoms with Gasteiger partial charge in [-0.15, -0.1) is 10.2 Å². The van der Waals surface area contributed by atoms with Crippen LogP contribution in [0.5, 0.6) is 0 Å². The lowest BCUT2D eigenvalue weighted by molar-refractivity contribution is 0.483. The standard InChI is InChI=1S/C12H16N6O/c1-3-17-11(13)10(12(19)18(17)4-2)16-15-9-7-5-6-8-14-9/h5-8H,3-4,13H2,1-2H3. The summed E-state index contributed by atoms with van der Waals surface area (Å²) in [6.07, 6.45) is 1.61. The van der Waals surface area contributed by atoms with E-state index >= 15 is 0 Å². The fourth-order valence-corrected chi connectivity index (χ4v) is 1.86. The van der Waals surface area contributed by atoms with Crippen molar-refractivity contribution in [3.8, 4) is 0 Å². The van der Waals surface area contributed by atoms with Crippen LogP contribution in [0.2, 0.25) is 0 Å². The van der Waals surface area contributed by atoms with E-state index in [9.17, 15) is 4.79 Å². The molecule has 0 spiro atoms. The Kier molecular flexibility index (Phi) is 3.74. The fraction of sp³-hybridized carbons (Fsp3) is 0.333. The summed E-state index contributed by atoms with van der Waals surface area (Å²) >= 11 is 0. The first-order chi connectivity index (χ1) is 9.19. The smallest absolute Gasteiger partial charge is 0.296 e. The Morgan fingerprint density at radius 3 is 2.47 bits per heavy atom. The molecule has 2 rings (SSSR count). The largest absolute Gasteiger partial charge is 0.382 e. The number of anilines is 1. The van der Waals surface area contributed by atoms with E-state index in [0.29, 0.717) is 24.7 Å². The molecule has 19 heavy (non-hydrogen) atoms. The summed E-state index contributed by atoms with van der Waals surface area (Å²) in [5.74, 6) is 0.766. The highest BCUT2D eigenvalue weighted by Crippen LogP contribution is 2.20. The molecule has 0 atom stereocenters. The van der Waals surface area contributed by atoms with E-state index in [2.05, 4.69) is 15.2 Å². The monoisotopic (exact) mass is 260 g/mol. The fourth-order valence-electron chi connectivity index (χ4n) is 1.86. The van der Waals surface area contributed by atoms with Crippen LogP contribution < -0.4 is 11.3 Å². The zero-order valence-electron chi connectivity index (χ0n) is 10.9. The van der Waals surface area contributed by atoms with Gasteiger partial charge < -0.3 is 5.73 Å². The molecule has 0 aromatic carbocycles. The second kappa shape index (κ2) is 5.47. The average molecular weight is 260 g/mol. The second-order valence-corrected chi connectivity index (χ2v) is 3.86. The van der Waals surface area contributed by atoms with E-state index in [1.807, 2.05) is 13.8 Å². The van der Waals surface area contributed by atoms with Gasteiger partial charge in [0.25, 0.3) is 5.56 Å². The van der Waals surface area contributed by atoms with Crippen molar-refractivity contribution in [3.63, 3.8) is 0 Å². The Morgan fingerprint density at radius 1 is 1.21 bits per heavy atom. The minimum Gasteiger partial charge on any atom is -0.382 e. The van der Waals surface area contributed by atoms with Gasteiger partial charge in [-0.1, -0.05) is 6.07 Å². The maximum absolute atomic E-state index is 12.1. The number of hydrogen-bond acceptors (Lipinski definition) is 5. The Labute approximate surface area is 110 Å². The molecule has 0 saturated heterocycles. The van der Waals surface area contributed by atoms with Gasteiger partial charge in [-0.25, -0.2) is 9.67 Å². The predicted molar refractivity (Wildman–Crippen MR) is 72.9 cm³/mol. The molecule has 2 aromatic heterocycles. The molecule has 0 bridgehead atoms.